The second-order valence-corrected chi connectivity index (χ2v) is 4.36. The van der Waals surface area contributed by atoms with E-state index < -0.39 is 22.4 Å². The molecule has 0 radical (unpaired) electrons. The lowest BCUT2D eigenvalue weighted by Crippen LogP contribution is -2.42. The fraction of sp³-hybridized carbons (Fsp3) is 0.455. The largest absolute Gasteiger partial charge is 0.394 e. The summed E-state index contributed by atoms with van der Waals surface area (Å²) in [6, 6.07) is 0.384. The van der Waals surface area contributed by atoms with Gasteiger partial charge in [-0.1, -0.05) is 13.8 Å². The second-order valence-electron chi connectivity index (χ2n) is 4.36. The predicted molar refractivity (Wildman–Crippen MR) is 66.9 cm³/mol. The van der Waals surface area contributed by atoms with Crippen LogP contribution in [0.1, 0.15) is 24.2 Å². The highest BCUT2D eigenvalue weighted by Crippen LogP contribution is 2.09. The van der Waals surface area contributed by atoms with Crippen molar-refractivity contribution in [1.29, 1.82) is 0 Å². The molecule has 104 valence electrons. The van der Waals surface area contributed by atoms with E-state index in [9.17, 15) is 19.7 Å². The van der Waals surface area contributed by atoms with E-state index in [1.54, 1.807) is 13.8 Å². The molecule has 0 fully saturated rings. The second kappa shape index (κ2) is 6.10. The van der Waals surface area contributed by atoms with Crippen LogP contribution < -0.4 is 10.9 Å². The maximum absolute atomic E-state index is 11.8. The van der Waals surface area contributed by atoms with Crippen LogP contribution in [0, 0.1) is 16.0 Å². The zero-order valence-electron chi connectivity index (χ0n) is 10.5. The van der Waals surface area contributed by atoms with Crippen molar-refractivity contribution in [3.63, 3.8) is 0 Å². The summed E-state index contributed by atoms with van der Waals surface area (Å²) >= 11 is 0. The van der Waals surface area contributed by atoms with Gasteiger partial charge in [0.1, 0.15) is 5.56 Å². The number of aliphatic hydroxyl groups is 1. The maximum atomic E-state index is 11.8. The standard InChI is InChI=1S/C11H15N3O5/c1-6(2)9(5-15)13-11(17)8-3-7(14(18)19)4-12-10(8)16/h3-4,6,9,15H,5H2,1-2H3,(H,12,16)(H,13,17)/t9-/m1/s1. The molecule has 0 aliphatic carbocycles. The van der Waals surface area contributed by atoms with Gasteiger partial charge in [0.15, 0.2) is 0 Å². The van der Waals surface area contributed by atoms with Crippen molar-refractivity contribution in [3.8, 4) is 0 Å². The zero-order valence-corrected chi connectivity index (χ0v) is 10.5. The molecule has 0 bridgehead atoms. The summed E-state index contributed by atoms with van der Waals surface area (Å²) in [6.45, 7) is 3.30. The summed E-state index contributed by atoms with van der Waals surface area (Å²) in [5, 5.41) is 22.1. The van der Waals surface area contributed by atoms with E-state index in [1.165, 1.54) is 0 Å². The van der Waals surface area contributed by atoms with Crippen LogP contribution in [0.25, 0.3) is 0 Å². The topological polar surface area (TPSA) is 125 Å². The van der Waals surface area contributed by atoms with Crippen LogP contribution >= 0.6 is 0 Å². The first-order valence-electron chi connectivity index (χ1n) is 5.65. The number of aliphatic hydroxyl groups excluding tert-OH is 1. The molecule has 8 nitrogen and oxygen atoms in total. The summed E-state index contributed by atoms with van der Waals surface area (Å²) in [4.78, 5) is 35.3. The van der Waals surface area contributed by atoms with Crippen molar-refractivity contribution in [1.82, 2.24) is 10.3 Å². The molecule has 1 heterocycles. The Bertz CT molecular complexity index is 537. The maximum Gasteiger partial charge on any atom is 0.286 e. The first-order chi connectivity index (χ1) is 8.86. The fourth-order valence-corrected chi connectivity index (χ4v) is 1.42. The number of aromatic amines is 1. The normalized spacial score (nSPS) is 12.2. The first kappa shape index (κ1) is 14.8. The van der Waals surface area contributed by atoms with Gasteiger partial charge < -0.3 is 15.4 Å². The van der Waals surface area contributed by atoms with Gasteiger partial charge in [-0.05, 0) is 5.92 Å². The molecule has 3 N–H and O–H groups in total. The highest BCUT2D eigenvalue weighted by molar-refractivity contribution is 5.94. The molecule has 8 heteroatoms. The van der Waals surface area contributed by atoms with Crippen molar-refractivity contribution >= 4 is 11.6 Å². The minimum Gasteiger partial charge on any atom is -0.394 e. The SMILES string of the molecule is CC(C)[C@@H](CO)NC(=O)c1cc([N+](=O)[O-])c[nH]c1=O. The lowest BCUT2D eigenvalue weighted by atomic mass is 10.1. The lowest BCUT2D eigenvalue weighted by molar-refractivity contribution is -0.385. The predicted octanol–water partition coefficient (Wildman–Crippen LogP) is 0.0298. The number of carbonyl (C=O) groups excluding carboxylic acids is 1. The average molecular weight is 269 g/mol. The zero-order chi connectivity index (χ0) is 14.6. The Labute approximate surface area is 108 Å². The van der Waals surface area contributed by atoms with Crippen LogP contribution in [0.5, 0.6) is 0 Å². The molecule has 0 spiro atoms. The third-order valence-corrected chi connectivity index (χ3v) is 2.66. The van der Waals surface area contributed by atoms with Crippen molar-refractivity contribution < 1.29 is 14.8 Å². The van der Waals surface area contributed by atoms with Gasteiger partial charge in [-0.2, -0.15) is 0 Å². The highest BCUT2D eigenvalue weighted by Gasteiger charge is 2.20. The number of aromatic nitrogens is 1. The van der Waals surface area contributed by atoms with E-state index in [4.69, 9.17) is 5.11 Å². The molecular formula is C11H15N3O5. The molecule has 19 heavy (non-hydrogen) atoms. The van der Waals surface area contributed by atoms with E-state index in [2.05, 4.69) is 10.3 Å². The molecule has 0 aliphatic rings. The molecule has 1 amide bonds. The van der Waals surface area contributed by atoms with Crippen molar-refractivity contribution in [3.05, 3.63) is 38.3 Å². The van der Waals surface area contributed by atoms with Gasteiger partial charge in [0.05, 0.1) is 23.8 Å². The van der Waals surface area contributed by atoms with Crippen molar-refractivity contribution in [2.24, 2.45) is 5.92 Å². The van der Waals surface area contributed by atoms with Gasteiger partial charge in [-0.25, -0.2) is 0 Å². The van der Waals surface area contributed by atoms with Gasteiger partial charge in [-0.15, -0.1) is 0 Å². The Morgan fingerprint density at radius 1 is 1.58 bits per heavy atom. The lowest BCUT2D eigenvalue weighted by Gasteiger charge is -2.19. The number of hydrogen-bond donors (Lipinski definition) is 3. The van der Waals surface area contributed by atoms with E-state index in [1.807, 2.05) is 0 Å². The van der Waals surface area contributed by atoms with Gasteiger partial charge in [0, 0.05) is 6.07 Å². The minimum atomic E-state index is -0.752. The number of nitrogens with zero attached hydrogens (tertiary/aromatic N) is 1. The molecule has 1 aromatic rings. The Hall–Kier alpha value is -2.22. The number of hydrogen-bond acceptors (Lipinski definition) is 5. The van der Waals surface area contributed by atoms with Crippen LogP contribution in [0.4, 0.5) is 5.69 Å². The van der Waals surface area contributed by atoms with Crippen molar-refractivity contribution in [2.75, 3.05) is 6.61 Å². The number of H-pyrrole nitrogens is 1. The number of amides is 1. The fourth-order valence-electron chi connectivity index (χ4n) is 1.42. The molecular weight excluding hydrogens is 254 g/mol. The summed E-state index contributed by atoms with van der Waals surface area (Å²) in [5.74, 6) is -0.788. The average Bonchev–Trinajstić information content (AvgIpc) is 2.35. The number of carbonyl (C=O) groups is 1. The first-order valence-corrected chi connectivity index (χ1v) is 5.65. The number of nitrogens with one attached hydrogen (secondary N) is 2. The smallest absolute Gasteiger partial charge is 0.286 e. The van der Waals surface area contributed by atoms with E-state index in [0.717, 1.165) is 12.3 Å². The van der Waals surface area contributed by atoms with Crippen LogP contribution in [0.3, 0.4) is 0 Å². The Kier molecular flexibility index (Phi) is 4.76. The summed E-state index contributed by atoms with van der Waals surface area (Å²) in [5.41, 5.74) is -1.45. The van der Waals surface area contributed by atoms with E-state index >= 15 is 0 Å². The Morgan fingerprint density at radius 3 is 2.68 bits per heavy atom. The van der Waals surface area contributed by atoms with Gasteiger partial charge in [0.25, 0.3) is 17.2 Å². The van der Waals surface area contributed by atoms with Gasteiger partial charge in [-0.3, -0.25) is 19.7 Å². The molecule has 1 atom stereocenters. The number of nitro groups is 1. The van der Waals surface area contributed by atoms with Crippen LogP contribution in [-0.4, -0.2) is 33.6 Å². The summed E-state index contributed by atoms with van der Waals surface area (Å²) in [6.07, 6.45) is 0.922. The number of rotatable bonds is 5. The van der Waals surface area contributed by atoms with Gasteiger partial charge >= 0.3 is 0 Å². The van der Waals surface area contributed by atoms with Crippen LogP contribution in [-0.2, 0) is 0 Å². The van der Waals surface area contributed by atoms with Gasteiger partial charge in [0.2, 0.25) is 0 Å². The Balaban J connectivity index is 3.02. The third kappa shape index (κ3) is 3.62. The summed E-state index contributed by atoms with van der Waals surface area (Å²) in [7, 11) is 0. The molecule has 0 saturated heterocycles. The third-order valence-electron chi connectivity index (χ3n) is 2.66. The molecule has 0 saturated carbocycles. The highest BCUT2D eigenvalue weighted by atomic mass is 16.6. The Morgan fingerprint density at radius 2 is 2.21 bits per heavy atom. The van der Waals surface area contributed by atoms with Crippen LogP contribution in [0.2, 0.25) is 0 Å². The molecule has 0 aliphatic heterocycles. The molecule has 1 aromatic heterocycles. The van der Waals surface area contributed by atoms with E-state index in [-0.39, 0.29) is 23.8 Å². The van der Waals surface area contributed by atoms with Crippen molar-refractivity contribution in [2.45, 2.75) is 19.9 Å². The quantitative estimate of drug-likeness (QED) is 0.513. The minimum absolute atomic E-state index is 0.0354. The summed E-state index contributed by atoms with van der Waals surface area (Å²) < 4.78 is 0. The molecule has 0 unspecified atom stereocenters. The molecule has 0 aromatic carbocycles. The van der Waals surface area contributed by atoms with Crippen LogP contribution in [0.15, 0.2) is 17.1 Å². The number of pyridine rings is 1. The molecule has 1 rings (SSSR count). The monoisotopic (exact) mass is 269 g/mol. The van der Waals surface area contributed by atoms with E-state index in [0.29, 0.717) is 0 Å².